The topological polar surface area (TPSA) is 347 Å². The van der Waals surface area contributed by atoms with Crippen molar-refractivity contribution in [3.05, 3.63) is 0 Å². The van der Waals surface area contributed by atoms with Gasteiger partial charge < -0.3 is 97.9 Å². The predicted molar refractivity (Wildman–Crippen MR) is 136 cm³/mol. The van der Waals surface area contributed by atoms with E-state index in [2.05, 4.69) is 0 Å². The van der Waals surface area contributed by atoms with E-state index in [1.807, 2.05) is 0 Å². The standard InChI is InChI=1S/C23H45N5O14/c24-2-7-13(32)15(34)10(27)21(37-7)41-19-9(4-30)39-23(17(19)36)42-20-12(31)5(25)1-6(26)18(20)40-22-11(28)16(35)14(33)8(3-29)38-22/h5-23,29-36H,1-4,24-28H2/t5-,6+,7-,8-,9-,10-,11-,12+,13-,14-,15+,16-,17+,18-,19+,20+,21-,22+,23-/m1/s1. The zero-order valence-electron chi connectivity index (χ0n) is 22.7. The van der Waals surface area contributed by atoms with E-state index in [0.29, 0.717) is 0 Å². The van der Waals surface area contributed by atoms with Gasteiger partial charge in [0.15, 0.2) is 18.9 Å². The Balaban J connectivity index is 1.50. The highest BCUT2D eigenvalue weighted by molar-refractivity contribution is 5.02. The summed E-state index contributed by atoms with van der Waals surface area (Å²) < 4.78 is 34.4. The number of aliphatic hydroxyl groups is 8. The fraction of sp³-hybridized carbons (Fsp3) is 1.00. The largest absolute Gasteiger partial charge is 0.394 e. The summed E-state index contributed by atoms with van der Waals surface area (Å²) in [5.41, 5.74) is 29.9. The maximum atomic E-state index is 11.1. The van der Waals surface area contributed by atoms with Crippen LogP contribution in [0.2, 0.25) is 0 Å². The van der Waals surface area contributed by atoms with Crippen LogP contribution in [0.3, 0.4) is 0 Å². The minimum Gasteiger partial charge on any atom is -0.394 e. The van der Waals surface area contributed by atoms with Crippen LogP contribution in [0.1, 0.15) is 6.42 Å². The van der Waals surface area contributed by atoms with Crippen molar-refractivity contribution in [3.63, 3.8) is 0 Å². The number of nitrogens with two attached hydrogens (primary N) is 5. The van der Waals surface area contributed by atoms with E-state index in [4.69, 9.17) is 57.1 Å². The van der Waals surface area contributed by atoms with Crippen LogP contribution in [-0.2, 0) is 28.4 Å². The first-order chi connectivity index (χ1) is 19.8. The molecule has 0 aromatic heterocycles. The van der Waals surface area contributed by atoms with Gasteiger partial charge in [0.1, 0.15) is 67.1 Å². The lowest BCUT2D eigenvalue weighted by Crippen LogP contribution is -2.68. The smallest absolute Gasteiger partial charge is 0.187 e. The Bertz CT molecular complexity index is 866. The van der Waals surface area contributed by atoms with Crippen molar-refractivity contribution in [2.45, 2.75) is 123 Å². The summed E-state index contributed by atoms with van der Waals surface area (Å²) in [6.45, 7) is -1.49. The third kappa shape index (κ3) is 6.60. The Morgan fingerprint density at radius 1 is 0.524 bits per heavy atom. The van der Waals surface area contributed by atoms with E-state index >= 15 is 0 Å². The van der Waals surface area contributed by atoms with Gasteiger partial charge in [-0.25, -0.2) is 0 Å². The van der Waals surface area contributed by atoms with Crippen LogP contribution < -0.4 is 28.7 Å². The van der Waals surface area contributed by atoms with Gasteiger partial charge in [-0.15, -0.1) is 0 Å². The highest BCUT2D eigenvalue weighted by Gasteiger charge is 2.54. The fourth-order valence-electron chi connectivity index (χ4n) is 5.70. The molecule has 4 rings (SSSR count). The lowest BCUT2D eigenvalue weighted by molar-refractivity contribution is -0.310. The van der Waals surface area contributed by atoms with Gasteiger partial charge in [-0.3, -0.25) is 0 Å². The van der Waals surface area contributed by atoms with Gasteiger partial charge in [0.2, 0.25) is 0 Å². The summed E-state index contributed by atoms with van der Waals surface area (Å²) in [6.07, 6.45) is -20.5. The molecular formula is C23H45N5O14. The summed E-state index contributed by atoms with van der Waals surface area (Å²) in [4.78, 5) is 0. The highest BCUT2D eigenvalue weighted by Crippen LogP contribution is 2.34. The Kier molecular flexibility index (Phi) is 11.5. The maximum Gasteiger partial charge on any atom is 0.187 e. The van der Waals surface area contributed by atoms with Crippen molar-refractivity contribution in [2.24, 2.45) is 28.7 Å². The molecule has 0 aromatic carbocycles. The summed E-state index contributed by atoms with van der Waals surface area (Å²) in [7, 11) is 0. The molecule has 0 unspecified atom stereocenters. The van der Waals surface area contributed by atoms with E-state index < -0.39 is 129 Å². The van der Waals surface area contributed by atoms with Gasteiger partial charge >= 0.3 is 0 Å². The Hall–Kier alpha value is -0.760. The molecular weight excluding hydrogens is 570 g/mol. The summed E-state index contributed by atoms with van der Waals surface area (Å²) in [5, 5.41) is 82.3. The average molecular weight is 616 g/mol. The van der Waals surface area contributed by atoms with Crippen molar-refractivity contribution in [1.82, 2.24) is 0 Å². The molecule has 0 spiro atoms. The third-order valence-electron chi connectivity index (χ3n) is 8.32. The summed E-state index contributed by atoms with van der Waals surface area (Å²) in [5.74, 6) is 0. The number of aliphatic hydroxyl groups excluding tert-OH is 8. The first kappa shape index (κ1) is 34.1. The van der Waals surface area contributed by atoms with Gasteiger partial charge in [-0.2, -0.15) is 0 Å². The minimum atomic E-state index is -1.62. The molecule has 1 aliphatic carbocycles. The molecule has 4 aliphatic rings. The normalized spacial score (nSPS) is 53.8. The van der Waals surface area contributed by atoms with Gasteiger partial charge in [-0.1, -0.05) is 0 Å². The van der Waals surface area contributed by atoms with Crippen LogP contribution in [0.4, 0.5) is 0 Å². The van der Waals surface area contributed by atoms with Crippen LogP contribution >= 0.6 is 0 Å². The predicted octanol–water partition coefficient (Wildman–Crippen LogP) is -8.86. The lowest BCUT2D eigenvalue weighted by Gasteiger charge is -2.47. The Morgan fingerprint density at radius 3 is 1.55 bits per heavy atom. The molecule has 3 aliphatic heterocycles. The van der Waals surface area contributed by atoms with E-state index in [1.54, 1.807) is 0 Å². The van der Waals surface area contributed by atoms with E-state index in [9.17, 15) is 40.9 Å². The molecule has 19 heteroatoms. The van der Waals surface area contributed by atoms with Crippen molar-refractivity contribution in [2.75, 3.05) is 19.8 Å². The van der Waals surface area contributed by atoms with Crippen molar-refractivity contribution in [3.8, 4) is 0 Å². The molecule has 0 radical (unpaired) electrons. The average Bonchev–Trinajstić information content (AvgIpc) is 3.27. The first-order valence-corrected chi connectivity index (χ1v) is 13.8. The molecule has 0 bridgehead atoms. The molecule has 246 valence electrons. The van der Waals surface area contributed by atoms with Crippen LogP contribution in [-0.4, -0.2) is 177 Å². The van der Waals surface area contributed by atoms with Gasteiger partial charge in [0.25, 0.3) is 0 Å². The molecule has 0 aromatic rings. The highest BCUT2D eigenvalue weighted by atomic mass is 16.8. The third-order valence-corrected chi connectivity index (χ3v) is 8.32. The Labute approximate surface area is 240 Å². The monoisotopic (exact) mass is 615 g/mol. The summed E-state index contributed by atoms with van der Waals surface area (Å²) in [6, 6.07) is -4.30. The zero-order valence-corrected chi connectivity index (χ0v) is 22.7. The summed E-state index contributed by atoms with van der Waals surface area (Å²) >= 11 is 0. The lowest BCUT2D eigenvalue weighted by atomic mass is 9.84. The number of rotatable bonds is 9. The number of hydrogen-bond donors (Lipinski definition) is 13. The molecule has 1 saturated carbocycles. The molecule has 3 saturated heterocycles. The van der Waals surface area contributed by atoms with Crippen molar-refractivity contribution in [1.29, 1.82) is 0 Å². The zero-order chi connectivity index (χ0) is 31.0. The number of ether oxygens (including phenoxy) is 6. The fourth-order valence-corrected chi connectivity index (χ4v) is 5.70. The van der Waals surface area contributed by atoms with Gasteiger partial charge in [0.05, 0.1) is 31.4 Å². The van der Waals surface area contributed by atoms with E-state index in [-0.39, 0.29) is 13.0 Å². The van der Waals surface area contributed by atoms with Gasteiger partial charge in [-0.05, 0) is 6.42 Å². The molecule has 4 fully saturated rings. The second-order valence-electron chi connectivity index (χ2n) is 11.2. The molecule has 0 amide bonds. The molecule has 19 atom stereocenters. The van der Waals surface area contributed by atoms with Crippen molar-refractivity contribution >= 4 is 0 Å². The first-order valence-electron chi connectivity index (χ1n) is 13.8. The molecule has 42 heavy (non-hydrogen) atoms. The molecule has 19 nitrogen and oxygen atoms in total. The van der Waals surface area contributed by atoms with E-state index in [0.717, 1.165) is 0 Å². The quantitative estimate of drug-likeness (QED) is 0.114. The van der Waals surface area contributed by atoms with Crippen molar-refractivity contribution < 1.29 is 69.3 Å². The number of hydrogen-bond acceptors (Lipinski definition) is 19. The Morgan fingerprint density at radius 2 is 1.00 bits per heavy atom. The van der Waals surface area contributed by atoms with Crippen LogP contribution in [0, 0.1) is 0 Å². The SMILES string of the molecule is NC[C@H]1O[C@H](O[C@@H]2[C@H](O)[C@@H](O[C@H]3[C@@H](O)[C@H](N)C[C@H](N)[C@H]3O[C@@H]3O[C@H](CO)[C@@H](O)[C@H](O)[C@H]3N)O[C@@H]2CO)[C@H](N)[C@H](O)[C@@H]1O. The maximum absolute atomic E-state index is 11.1. The van der Waals surface area contributed by atoms with Crippen LogP contribution in [0.15, 0.2) is 0 Å². The minimum absolute atomic E-state index is 0.0642. The molecule has 18 N–H and O–H groups in total. The van der Waals surface area contributed by atoms with E-state index in [1.165, 1.54) is 0 Å². The van der Waals surface area contributed by atoms with Crippen LogP contribution in [0.25, 0.3) is 0 Å². The van der Waals surface area contributed by atoms with Crippen LogP contribution in [0.5, 0.6) is 0 Å². The second kappa shape index (κ2) is 14.1. The molecule has 3 heterocycles. The second-order valence-corrected chi connectivity index (χ2v) is 11.2. The van der Waals surface area contributed by atoms with Gasteiger partial charge in [0, 0.05) is 18.6 Å².